The Balaban J connectivity index is 2.68. The fourth-order valence-electron chi connectivity index (χ4n) is 1.34. The summed E-state index contributed by atoms with van der Waals surface area (Å²) in [5, 5.41) is 28.1. The molecule has 0 bridgehead atoms. The maximum atomic E-state index is 10.6. The normalized spacial score (nSPS) is 43.4. The standard InChI is InChI=1S/C8H14O6/c1-3-5(10)6(11)7(8(12)13-3)14-4(2)9/h3,5-8,10-12H,1-2H3/t3-,5-,6+,7+,8+/m0/s1. The van der Waals surface area contributed by atoms with Crippen molar-refractivity contribution in [3.8, 4) is 0 Å². The molecule has 82 valence electrons. The smallest absolute Gasteiger partial charge is 0.303 e. The summed E-state index contributed by atoms with van der Waals surface area (Å²) < 4.78 is 9.46. The minimum atomic E-state index is -1.41. The Kier molecular flexibility index (Phi) is 3.43. The van der Waals surface area contributed by atoms with Crippen LogP contribution in [0, 0.1) is 0 Å². The molecule has 1 aliphatic heterocycles. The van der Waals surface area contributed by atoms with Crippen molar-refractivity contribution in [3.63, 3.8) is 0 Å². The molecular formula is C8H14O6. The van der Waals surface area contributed by atoms with Crippen molar-refractivity contribution >= 4 is 5.97 Å². The summed E-state index contributed by atoms with van der Waals surface area (Å²) in [5.41, 5.74) is 0. The van der Waals surface area contributed by atoms with E-state index < -0.39 is 36.7 Å². The van der Waals surface area contributed by atoms with Crippen LogP contribution in [0.4, 0.5) is 0 Å². The topological polar surface area (TPSA) is 96.2 Å². The van der Waals surface area contributed by atoms with Crippen LogP contribution in [0.25, 0.3) is 0 Å². The van der Waals surface area contributed by atoms with E-state index in [0.717, 1.165) is 6.92 Å². The molecule has 0 aliphatic carbocycles. The largest absolute Gasteiger partial charge is 0.454 e. The van der Waals surface area contributed by atoms with E-state index in [9.17, 15) is 20.1 Å². The van der Waals surface area contributed by atoms with E-state index in [2.05, 4.69) is 4.74 Å². The number of rotatable bonds is 1. The van der Waals surface area contributed by atoms with Crippen molar-refractivity contribution < 1.29 is 29.6 Å². The highest BCUT2D eigenvalue weighted by Gasteiger charge is 2.43. The second-order valence-corrected chi connectivity index (χ2v) is 3.29. The first-order chi connectivity index (χ1) is 6.43. The number of aliphatic hydroxyl groups excluding tert-OH is 3. The van der Waals surface area contributed by atoms with E-state index in [1.165, 1.54) is 6.92 Å². The highest BCUT2D eigenvalue weighted by atomic mass is 16.7. The van der Waals surface area contributed by atoms with Gasteiger partial charge in [0.05, 0.1) is 6.10 Å². The first kappa shape index (κ1) is 11.4. The highest BCUT2D eigenvalue weighted by molar-refractivity contribution is 5.66. The Morgan fingerprint density at radius 2 is 1.86 bits per heavy atom. The van der Waals surface area contributed by atoms with E-state index in [1.54, 1.807) is 0 Å². The first-order valence-electron chi connectivity index (χ1n) is 4.30. The zero-order valence-electron chi connectivity index (χ0n) is 7.95. The molecule has 0 aromatic heterocycles. The van der Waals surface area contributed by atoms with Gasteiger partial charge in [0, 0.05) is 6.92 Å². The van der Waals surface area contributed by atoms with Crippen LogP contribution in [0.3, 0.4) is 0 Å². The van der Waals surface area contributed by atoms with E-state index in [-0.39, 0.29) is 0 Å². The number of aliphatic hydroxyl groups is 3. The van der Waals surface area contributed by atoms with E-state index in [0.29, 0.717) is 0 Å². The van der Waals surface area contributed by atoms with Gasteiger partial charge >= 0.3 is 5.97 Å². The van der Waals surface area contributed by atoms with Crippen molar-refractivity contribution in [3.05, 3.63) is 0 Å². The van der Waals surface area contributed by atoms with Gasteiger partial charge in [-0.05, 0) is 6.92 Å². The molecule has 1 aliphatic rings. The number of hydrogen-bond acceptors (Lipinski definition) is 6. The van der Waals surface area contributed by atoms with Crippen LogP contribution < -0.4 is 0 Å². The SMILES string of the molecule is CC(=O)O[C@@H]1[C@H](O)[C@@H](O)[C@H](C)O[C@H]1O. The molecular weight excluding hydrogens is 192 g/mol. The van der Waals surface area contributed by atoms with Crippen LogP contribution in [-0.2, 0) is 14.3 Å². The fourth-order valence-corrected chi connectivity index (χ4v) is 1.34. The van der Waals surface area contributed by atoms with Gasteiger partial charge in [0.1, 0.15) is 12.2 Å². The monoisotopic (exact) mass is 206 g/mol. The molecule has 0 spiro atoms. The van der Waals surface area contributed by atoms with E-state index in [1.807, 2.05) is 0 Å². The fraction of sp³-hybridized carbons (Fsp3) is 0.875. The molecule has 0 unspecified atom stereocenters. The Hall–Kier alpha value is -0.690. The molecule has 1 rings (SSSR count). The third kappa shape index (κ3) is 2.21. The second kappa shape index (κ2) is 4.22. The summed E-state index contributed by atoms with van der Waals surface area (Å²) in [5.74, 6) is -0.654. The summed E-state index contributed by atoms with van der Waals surface area (Å²) >= 11 is 0. The van der Waals surface area contributed by atoms with Crippen LogP contribution >= 0.6 is 0 Å². The molecule has 1 saturated heterocycles. The average molecular weight is 206 g/mol. The third-order valence-electron chi connectivity index (χ3n) is 2.10. The van der Waals surface area contributed by atoms with Crippen molar-refractivity contribution in [2.75, 3.05) is 0 Å². The van der Waals surface area contributed by atoms with Crippen molar-refractivity contribution in [2.45, 2.75) is 44.6 Å². The lowest BCUT2D eigenvalue weighted by atomic mass is 10.00. The van der Waals surface area contributed by atoms with Gasteiger partial charge in [0.2, 0.25) is 0 Å². The molecule has 0 aromatic rings. The number of hydrogen-bond donors (Lipinski definition) is 3. The summed E-state index contributed by atoms with van der Waals surface area (Å²) in [4.78, 5) is 10.6. The Labute approximate surface area is 81.1 Å². The Morgan fingerprint density at radius 3 is 2.36 bits per heavy atom. The van der Waals surface area contributed by atoms with Gasteiger partial charge in [-0.2, -0.15) is 0 Å². The predicted molar refractivity (Wildman–Crippen MR) is 44.1 cm³/mol. The average Bonchev–Trinajstić information content (AvgIpc) is 2.09. The molecule has 1 heterocycles. The van der Waals surface area contributed by atoms with E-state index >= 15 is 0 Å². The first-order valence-corrected chi connectivity index (χ1v) is 4.30. The summed E-state index contributed by atoms with van der Waals surface area (Å²) in [6, 6.07) is 0. The van der Waals surface area contributed by atoms with Crippen molar-refractivity contribution in [2.24, 2.45) is 0 Å². The maximum absolute atomic E-state index is 10.6. The molecule has 3 N–H and O–H groups in total. The zero-order chi connectivity index (χ0) is 10.9. The molecule has 0 radical (unpaired) electrons. The quantitative estimate of drug-likeness (QED) is 0.446. The van der Waals surface area contributed by atoms with Gasteiger partial charge in [0.25, 0.3) is 0 Å². The Morgan fingerprint density at radius 1 is 1.29 bits per heavy atom. The molecule has 6 nitrogen and oxygen atoms in total. The highest BCUT2D eigenvalue weighted by Crippen LogP contribution is 2.21. The van der Waals surface area contributed by atoms with Crippen LogP contribution in [0.15, 0.2) is 0 Å². The van der Waals surface area contributed by atoms with Gasteiger partial charge in [-0.1, -0.05) is 0 Å². The van der Waals surface area contributed by atoms with Crippen LogP contribution in [0.1, 0.15) is 13.8 Å². The molecule has 14 heavy (non-hydrogen) atoms. The van der Waals surface area contributed by atoms with Crippen LogP contribution in [-0.4, -0.2) is 52.0 Å². The lowest BCUT2D eigenvalue weighted by molar-refractivity contribution is -0.282. The number of carbonyl (C=O) groups is 1. The van der Waals surface area contributed by atoms with Crippen molar-refractivity contribution in [1.29, 1.82) is 0 Å². The number of ether oxygens (including phenoxy) is 2. The van der Waals surface area contributed by atoms with Crippen molar-refractivity contribution in [1.82, 2.24) is 0 Å². The summed E-state index contributed by atoms with van der Waals surface area (Å²) in [6.45, 7) is 2.64. The summed E-state index contributed by atoms with van der Waals surface area (Å²) in [6.07, 6.45) is -5.86. The maximum Gasteiger partial charge on any atom is 0.303 e. The molecule has 6 heteroatoms. The third-order valence-corrected chi connectivity index (χ3v) is 2.10. The van der Waals surface area contributed by atoms with Gasteiger partial charge in [0.15, 0.2) is 12.4 Å². The number of carbonyl (C=O) groups excluding carboxylic acids is 1. The minimum absolute atomic E-state index is 0.654. The molecule has 0 amide bonds. The van der Waals surface area contributed by atoms with Crippen LogP contribution in [0.2, 0.25) is 0 Å². The molecule has 1 fully saturated rings. The number of esters is 1. The lowest BCUT2D eigenvalue weighted by Crippen LogP contribution is -2.57. The van der Waals surface area contributed by atoms with Gasteiger partial charge < -0.3 is 24.8 Å². The Bertz CT molecular complexity index is 218. The zero-order valence-corrected chi connectivity index (χ0v) is 7.95. The predicted octanol–water partition coefficient (Wildman–Crippen LogP) is -1.62. The minimum Gasteiger partial charge on any atom is -0.454 e. The lowest BCUT2D eigenvalue weighted by Gasteiger charge is -2.38. The van der Waals surface area contributed by atoms with Crippen LogP contribution in [0.5, 0.6) is 0 Å². The molecule has 0 aromatic carbocycles. The van der Waals surface area contributed by atoms with Gasteiger partial charge in [-0.25, -0.2) is 0 Å². The van der Waals surface area contributed by atoms with E-state index in [4.69, 9.17) is 4.74 Å². The summed E-state index contributed by atoms with van der Waals surface area (Å²) in [7, 11) is 0. The van der Waals surface area contributed by atoms with Gasteiger partial charge in [-0.3, -0.25) is 4.79 Å². The van der Waals surface area contributed by atoms with Gasteiger partial charge in [-0.15, -0.1) is 0 Å². The molecule has 5 atom stereocenters. The second-order valence-electron chi connectivity index (χ2n) is 3.29. The molecule has 0 saturated carbocycles.